The van der Waals surface area contributed by atoms with Gasteiger partial charge < -0.3 is 5.32 Å². The largest absolute Gasteiger partial charge is 0.416 e. The summed E-state index contributed by atoms with van der Waals surface area (Å²) in [5, 5.41) is 3.14. The van der Waals surface area contributed by atoms with E-state index in [1.165, 1.54) is 6.07 Å². The van der Waals surface area contributed by atoms with Crippen LogP contribution in [-0.2, 0) is 6.18 Å². The second-order valence-electron chi connectivity index (χ2n) is 3.83. The van der Waals surface area contributed by atoms with Crippen molar-refractivity contribution in [2.75, 3.05) is 11.9 Å². The molecule has 0 aliphatic heterocycles. The predicted octanol–water partition coefficient (Wildman–Crippen LogP) is 4.68. The van der Waals surface area contributed by atoms with Crippen LogP contribution in [0.2, 0.25) is 0 Å². The maximum atomic E-state index is 12.5. The van der Waals surface area contributed by atoms with E-state index in [-0.39, 0.29) is 0 Å². The summed E-state index contributed by atoms with van der Waals surface area (Å²) >= 11 is 5.80. The van der Waals surface area contributed by atoms with Crippen molar-refractivity contribution in [1.29, 1.82) is 0 Å². The van der Waals surface area contributed by atoms with Crippen molar-refractivity contribution < 1.29 is 13.2 Å². The summed E-state index contributed by atoms with van der Waals surface area (Å²) in [4.78, 5) is 3.95. The molecule has 6 heteroatoms. The van der Waals surface area contributed by atoms with E-state index in [0.29, 0.717) is 23.1 Å². The number of halogens is 4. The SMILES string of the molecule is CCN=C(Cl)/C=C(\C)Nc1cccc(C(F)(F)F)c1. The zero-order chi connectivity index (χ0) is 14.5. The second-order valence-corrected chi connectivity index (χ2v) is 4.22. The summed E-state index contributed by atoms with van der Waals surface area (Å²) in [5.74, 6) is 0. The topological polar surface area (TPSA) is 24.4 Å². The molecule has 0 bridgehead atoms. The highest BCUT2D eigenvalue weighted by molar-refractivity contribution is 6.68. The molecule has 19 heavy (non-hydrogen) atoms. The molecular formula is C13H14ClF3N2. The molecule has 0 unspecified atom stereocenters. The first-order valence-corrected chi connectivity index (χ1v) is 6.03. The zero-order valence-corrected chi connectivity index (χ0v) is 11.3. The lowest BCUT2D eigenvalue weighted by Gasteiger charge is -2.10. The monoisotopic (exact) mass is 290 g/mol. The molecule has 1 rings (SSSR count). The molecule has 1 N–H and O–H groups in total. The van der Waals surface area contributed by atoms with Crippen LogP contribution in [0.3, 0.4) is 0 Å². The molecule has 0 amide bonds. The number of rotatable bonds is 4. The third-order valence-corrected chi connectivity index (χ3v) is 2.40. The number of nitrogens with zero attached hydrogens (tertiary/aromatic N) is 1. The van der Waals surface area contributed by atoms with Crippen molar-refractivity contribution in [3.8, 4) is 0 Å². The van der Waals surface area contributed by atoms with Crippen LogP contribution in [0, 0.1) is 0 Å². The highest BCUT2D eigenvalue weighted by atomic mass is 35.5. The molecule has 0 aromatic heterocycles. The van der Waals surface area contributed by atoms with Crippen LogP contribution in [0.25, 0.3) is 0 Å². The highest BCUT2D eigenvalue weighted by Crippen LogP contribution is 2.30. The van der Waals surface area contributed by atoms with Gasteiger partial charge in [-0.25, -0.2) is 0 Å². The van der Waals surface area contributed by atoms with E-state index in [9.17, 15) is 13.2 Å². The van der Waals surface area contributed by atoms with Gasteiger partial charge in [0.15, 0.2) is 0 Å². The van der Waals surface area contributed by atoms with Gasteiger partial charge in [0.1, 0.15) is 5.17 Å². The molecule has 0 spiro atoms. The second kappa shape index (κ2) is 6.61. The fourth-order valence-electron chi connectivity index (χ4n) is 1.41. The van der Waals surface area contributed by atoms with Crippen LogP contribution in [0.15, 0.2) is 41.0 Å². The Hall–Kier alpha value is -1.49. The Labute approximate surface area is 115 Å². The summed E-state index contributed by atoms with van der Waals surface area (Å²) in [6.45, 7) is 4.09. The molecule has 104 valence electrons. The van der Waals surface area contributed by atoms with Crippen LogP contribution in [-0.4, -0.2) is 11.7 Å². The van der Waals surface area contributed by atoms with Crippen LogP contribution in [0.1, 0.15) is 19.4 Å². The van der Waals surface area contributed by atoms with E-state index in [1.807, 2.05) is 6.92 Å². The average molecular weight is 291 g/mol. The summed E-state index contributed by atoms with van der Waals surface area (Å²) in [5.41, 5.74) is 0.268. The summed E-state index contributed by atoms with van der Waals surface area (Å²) in [6.07, 6.45) is -2.79. The predicted molar refractivity (Wildman–Crippen MR) is 72.7 cm³/mol. The molecule has 0 fully saturated rings. The number of allylic oxidation sites excluding steroid dienone is 2. The lowest BCUT2D eigenvalue weighted by atomic mass is 10.2. The van der Waals surface area contributed by atoms with Gasteiger partial charge in [-0.1, -0.05) is 17.7 Å². The number of anilines is 1. The Balaban J connectivity index is 2.86. The minimum atomic E-state index is -4.35. The van der Waals surface area contributed by atoms with Crippen molar-refractivity contribution in [1.82, 2.24) is 0 Å². The fraction of sp³-hybridized carbons (Fsp3) is 0.308. The average Bonchev–Trinajstić information content (AvgIpc) is 2.28. The quantitative estimate of drug-likeness (QED) is 0.800. The van der Waals surface area contributed by atoms with E-state index in [0.717, 1.165) is 12.1 Å². The highest BCUT2D eigenvalue weighted by Gasteiger charge is 2.30. The van der Waals surface area contributed by atoms with E-state index >= 15 is 0 Å². The molecule has 0 atom stereocenters. The van der Waals surface area contributed by atoms with Crippen molar-refractivity contribution in [2.45, 2.75) is 20.0 Å². The standard InChI is InChI=1S/C13H14ClF3N2/c1-3-18-12(14)7-9(2)19-11-6-4-5-10(8-11)13(15,16)17/h4-8,19H,3H2,1-2H3/b9-7+,18-12?. The number of hydrogen-bond acceptors (Lipinski definition) is 2. The Morgan fingerprint density at radius 3 is 2.68 bits per heavy atom. The van der Waals surface area contributed by atoms with E-state index in [4.69, 9.17) is 11.6 Å². The maximum Gasteiger partial charge on any atom is 0.416 e. The molecule has 2 nitrogen and oxygen atoms in total. The normalized spacial score (nSPS) is 13.6. The minimum absolute atomic E-state index is 0.305. The first-order valence-electron chi connectivity index (χ1n) is 5.65. The lowest BCUT2D eigenvalue weighted by molar-refractivity contribution is -0.137. The lowest BCUT2D eigenvalue weighted by Crippen LogP contribution is -2.06. The molecule has 0 aliphatic rings. The Bertz CT molecular complexity index is 493. The Morgan fingerprint density at radius 1 is 1.42 bits per heavy atom. The van der Waals surface area contributed by atoms with Crippen molar-refractivity contribution in [3.05, 3.63) is 41.6 Å². The summed E-state index contributed by atoms with van der Waals surface area (Å²) < 4.78 is 37.6. The van der Waals surface area contributed by atoms with Crippen LogP contribution < -0.4 is 5.32 Å². The van der Waals surface area contributed by atoms with Gasteiger partial charge in [-0.15, -0.1) is 0 Å². The number of benzene rings is 1. The van der Waals surface area contributed by atoms with Gasteiger partial charge >= 0.3 is 6.18 Å². The van der Waals surface area contributed by atoms with Crippen LogP contribution >= 0.6 is 11.6 Å². The maximum absolute atomic E-state index is 12.5. The molecule has 0 aliphatic carbocycles. The van der Waals surface area contributed by atoms with Gasteiger partial charge in [0.05, 0.1) is 5.56 Å². The van der Waals surface area contributed by atoms with Gasteiger partial charge in [0.25, 0.3) is 0 Å². The van der Waals surface area contributed by atoms with Crippen LogP contribution in [0.4, 0.5) is 18.9 Å². The molecule has 1 aromatic carbocycles. The van der Waals surface area contributed by atoms with Gasteiger partial charge in [-0.05, 0) is 38.1 Å². The molecule has 0 saturated heterocycles. The minimum Gasteiger partial charge on any atom is -0.359 e. The Morgan fingerprint density at radius 2 is 2.11 bits per heavy atom. The zero-order valence-electron chi connectivity index (χ0n) is 10.6. The molecule has 0 saturated carbocycles. The van der Waals surface area contributed by atoms with Gasteiger partial charge in [-0.3, -0.25) is 4.99 Å². The molecular weight excluding hydrogens is 277 g/mol. The number of aliphatic imine (C=N–C) groups is 1. The fourth-order valence-corrected chi connectivity index (χ4v) is 1.70. The third-order valence-electron chi connectivity index (χ3n) is 2.18. The summed E-state index contributed by atoms with van der Waals surface area (Å²) in [6, 6.07) is 4.97. The number of hydrogen-bond donors (Lipinski definition) is 1. The molecule has 0 radical (unpaired) electrons. The van der Waals surface area contributed by atoms with E-state index < -0.39 is 11.7 Å². The van der Waals surface area contributed by atoms with Crippen molar-refractivity contribution >= 4 is 22.5 Å². The number of alkyl halides is 3. The van der Waals surface area contributed by atoms with E-state index in [1.54, 1.807) is 19.1 Å². The van der Waals surface area contributed by atoms with E-state index in [2.05, 4.69) is 10.3 Å². The van der Waals surface area contributed by atoms with Crippen molar-refractivity contribution in [2.24, 2.45) is 4.99 Å². The summed E-state index contributed by atoms with van der Waals surface area (Å²) in [7, 11) is 0. The Kier molecular flexibility index (Phi) is 5.42. The molecule has 0 heterocycles. The van der Waals surface area contributed by atoms with Gasteiger partial charge in [-0.2, -0.15) is 13.2 Å². The van der Waals surface area contributed by atoms with Crippen molar-refractivity contribution in [3.63, 3.8) is 0 Å². The smallest absolute Gasteiger partial charge is 0.359 e. The van der Waals surface area contributed by atoms with Gasteiger partial charge in [0.2, 0.25) is 0 Å². The first kappa shape index (κ1) is 15.6. The third kappa shape index (κ3) is 5.34. The molecule has 1 aromatic rings. The van der Waals surface area contributed by atoms with Crippen LogP contribution in [0.5, 0.6) is 0 Å². The van der Waals surface area contributed by atoms with Gasteiger partial charge in [0, 0.05) is 17.9 Å². The first-order chi connectivity index (χ1) is 8.82. The number of nitrogens with one attached hydrogen (secondary N) is 1.